The molecule has 0 fully saturated rings. The van der Waals surface area contributed by atoms with Gasteiger partial charge >= 0.3 is 5.69 Å². The summed E-state index contributed by atoms with van der Waals surface area (Å²) in [7, 11) is 0. The largest absolute Gasteiger partial charge is 0.479 e. The molecule has 2 rings (SSSR count). The highest BCUT2D eigenvalue weighted by Crippen LogP contribution is 2.30. The van der Waals surface area contributed by atoms with E-state index in [2.05, 4.69) is 9.97 Å². The number of hydrogen-bond acceptors (Lipinski definition) is 5. The molecule has 0 saturated carbocycles. The van der Waals surface area contributed by atoms with Crippen LogP contribution in [0.25, 0.3) is 0 Å². The van der Waals surface area contributed by atoms with E-state index in [0.717, 1.165) is 0 Å². The van der Waals surface area contributed by atoms with Gasteiger partial charge in [0.15, 0.2) is 11.6 Å². The molecule has 6 nitrogen and oxygen atoms in total. The molecular formula is C12H9Cl2N3O3. The van der Waals surface area contributed by atoms with Gasteiger partial charge in [-0.15, -0.1) is 0 Å². The molecule has 8 heteroatoms. The predicted octanol–water partition coefficient (Wildman–Crippen LogP) is 3.58. The van der Waals surface area contributed by atoms with Crippen LogP contribution in [0.5, 0.6) is 5.75 Å². The molecule has 0 atom stereocenters. The number of nitrogens with zero attached hydrogens (tertiary/aromatic N) is 3. The molecule has 2 aromatic rings. The Bertz CT molecular complexity index is 644. The van der Waals surface area contributed by atoms with Crippen molar-refractivity contribution in [3.8, 4) is 5.75 Å². The van der Waals surface area contributed by atoms with Gasteiger partial charge in [0.25, 0.3) is 0 Å². The van der Waals surface area contributed by atoms with Crippen LogP contribution in [-0.2, 0) is 6.61 Å². The molecule has 1 aromatic carbocycles. The normalized spacial score (nSPS) is 10.3. The molecule has 0 N–H and O–H groups in total. The molecule has 1 heterocycles. The van der Waals surface area contributed by atoms with E-state index in [1.165, 1.54) is 18.2 Å². The van der Waals surface area contributed by atoms with E-state index in [-0.39, 0.29) is 23.1 Å². The quantitative estimate of drug-likeness (QED) is 0.489. The van der Waals surface area contributed by atoms with Crippen molar-refractivity contribution in [1.82, 2.24) is 9.97 Å². The maximum absolute atomic E-state index is 10.9. The lowest BCUT2D eigenvalue weighted by Gasteiger charge is -2.07. The second kappa shape index (κ2) is 6.02. The summed E-state index contributed by atoms with van der Waals surface area (Å²) in [5.74, 6) is 0.444. The lowest BCUT2D eigenvalue weighted by atomic mass is 10.3. The smallest absolute Gasteiger partial charge is 0.312 e. The Kier molecular flexibility index (Phi) is 4.36. The van der Waals surface area contributed by atoms with Gasteiger partial charge in [-0.2, -0.15) is 0 Å². The number of ether oxygens (including phenoxy) is 1. The molecule has 0 bridgehead atoms. The van der Waals surface area contributed by atoms with E-state index in [4.69, 9.17) is 27.9 Å². The lowest BCUT2D eigenvalue weighted by Crippen LogP contribution is -2.04. The van der Waals surface area contributed by atoms with Crippen molar-refractivity contribution in [2.75, 3.05) is 0 Å². The molecule has 0 aliphatic heterocycles. The van der Waals surface area contributed by atoms with Gasteiger partial charge in [0, 0.05) is 16.8 Å². The summed E-state index contributed by atoms with van der Waals surface area (Å²) in [5, 5.41) is 11.5. The molecule has 104 valence electrons. The zero-order chi connectivity index (χ0) is 14.7. The molecular weight excluding hydrogens is 305 g/mol. The number of hydrogen-bond donors (Lipinski definition) is 0. The van der Waals surface area contributed by atoms with Crippen LogP contribution >= 0.6 is 23.2 Å². The van der Waals surface area contributed by atoms with E-state index < -0.39 is 4.92 Å². The van der Waals surface area contributed by atoms with Crippen LogP contribution < -0.4 is 4.74 Å². The molecule has 0 aliphatic rings. The fourth-order valence-electron chi connectivity index (χ4n) is 1.55. The minimum Gasteiger partial charge on any atom is -0.479 e. The SMILES string of the molecule is Cc1cc(Cl)nc(COc2ccc(Cl)cc2[N+](=O)[O-])n1. The van der Waals surface area contributed by atoms with Gasteiger partial charge in [0.2, 0.25) is 0 Å². The van der Waals surface area contributed by atoms with Gasteiger partial charge in [0.1, 0.15) is 11.8 Å². The van der Waals surface area contributed by atoms with Crippen LogP contribution in [0.3, 0.4) is 0 Å². The first-order chi connectivity index (χ1) is 9.45. The third kappa shape index (κ3) is 3.55. The summed E-state index contributed by atoms with van der Waals surface area (Å²) in [5.41, 5.74) is 0.477. The summed E-state index contributed by atoms with van der Waals surface area (Å²) in [6.45, 7) is 1.74. The minimum atomic E-state index is -0.564. The topological polar surface area (TPSA) is 78.2 Å². The second-order valence-corrected chi connectivity index (χ2v) is 4.73. The third-order valence-corrected chi connectivity index (χ3v) is 2.77. The van der Waals surface area contributed by atoms with Crippen molar-refractivity contribution in [3.05, 3.63) is 56.1 Å². The molecule has 0 amide bonds. The average molecular weight is 314 g/mol. The van der Waals surface area contributed by atoms with Crippen molar-refractivity contribution in [2.45, 2.75) is 13.5 Å². The molecule has 0 spiro atoms. The summed E-state index contributed by atoms with van der Waals surface area (Å²) >= 11 is 11.5. The Morgan fingerprint density at radius 3 is 2.70 bits per heavy atom. The first-order valence-corrected chi connectivity index (χ1v) is 6.28. The first kappa shape index (κ1) is 14.5. The lowest BCUT2D eigenvalue weighted by molar-refractivity contribution is -0.385. The van der Waals surface area contributed by atoms with Crippen molar-refractivity contribution in [1.29, 1.82) is 0 Å². The number of benzene rings is 1. The fraction of sp³-hybridized carbons (Fsp3) is 0.167. The van der Waals surface area contributed by atoms with Crippen molar-refractivity contribution in [2.24, 2.45) is 0 Å². The van der Waals surface area contributed by atoms with Crippen LogP contribution in [0.2, 0.25) is 10.2 Å². The van der Waals surface area contributed by atoms with E-state index >= 15 is 0 Å². The van der Waals surface area contributed by atoms with E-state index in [0.29, 0.717) is 16.7 Å². The third-order valence-electron chi connectivity index (χ3n) is 2.34. The van der Waals surface area contributed by atoms with Crippen LogP contribution in [0.1, 0.15) is 11.5 Å². The summed E-state index contributed by atoms with van der Waals surface area (Å²) in [4.78, 5) is 18.4. The average Bonchev–Trinajstić information content (AvgIpc) is 2.36. The Morgan fingerprint density at radius 1 is 1.30 bits per heavy atom. The molecule has 0 aliphatic carbocycles. The zero-order valence-corrected chi connectivity index (χ0v) is 11.9. The zero-order valence-electron chi connectivity index (χ0n) is 10.3. The van der Waals surface area contributed by atoms with Crippen LogP contribution in [0, 0.1) is 17.0 Å². The maximum atomic E-state index is 10.9. The highest BCUT2D eigenvalue weighted by molar-refractivity contribution is 6.30. The van der Waals surface area contributed by atoms with Crippen LogP contribution in [0.4, 0.5) is 5.69 Å². The fourth-order valence-corrected chi connectivity index (χ4v) is 1.97. The number of aryl methyl sites for hydroxylation is 1. The Labute approximate surface area is 124 Å². The maximum Gasteiger partial charge on any atom is 0.312 e. The van der Waals surface area contributed by atoms with Gasteiger partial charge in [-0.05, 0) is 25.1 Å². The first-order valence-electron chi connectivity index (χ1n) is 5.52. The second-order valence-electron chi connectivity index (χ2n) is 3.91. The standard InChI is InChI=1S/C12H9Cl2N3O3/c1-7-4-11(14)16-12(15-7)6-20-10-3-2-8(13)5-9(10)17(18)19/h2-5H,6H2,1H3. The molecule has 0 radical (unpaired) electrons. The monoisotopic (exact) mass is 313 g/mol. The highest BCUT2D eigenvalue weighted by Gasteiger charge is 2.16. The van der Waals surface area contributed by atoms with Crippen LogP contribution in [0.15, 0.2) is 24.3 Å². The molecule has 0 saturated heterocycles. The van der Waals surface area contributed by atoms with Gasteiger partial charge in [-0.1, -0.05) is 23.2 Å². The molecule has 0 unspecified atom stereocenters. The number of aromatic nitrogens is 2. The Balaban J connectivity index is 2.20. The number of nitro benzene ring substituents is 1. The number of rotatable bonds is 4. The van der Waals surface area contributed by atoms with Gasteiger partial charge in [-0.3, -0.25) is 10.1 Å². The van der Waals surface area contributed by atoms with Gasteiger partial charge in [-0.25, -0.2) is 9.97 Å². The Hall–Kier alpha value is -1.92. The number of halogens is 2. The minimum absolute atomic E-state index is 0.0239. The Morgan fingerprint density at radius 2 is 2.05 bits per heavy atom. The van der Waals surface area contributed by atoms with E-state index in [1.807, 2.05) is 0 Å². The van der Waals surface area contributed by atoms with Crippen LogP contribution in [-0.4, -0.2) is 14.9 Å². The predicted molar refractivity (Wildman–Crippen MR) is 74.2 cm³/mol. The van der Waals surface area contributed by atoms with E-state index in [1.54, 1.807) is 13.0 Å². The highest BCUT2D eigenvalue weighted by atomic mass is 35.5. The van der Waals surface area contributed by atoms with Crippen molar-refractivity contribution in [3.63, 3.8) is 0 Å². The summed E-state index contributed by atoms with van der Waals surface area (Å²) < 4.78 is 5.37. The molecule has 1 aromatic heterocycles. The van der Waals surface area contributed by atoms with E-state index in [9.17, 15) is 10.1 Å². The number of nitro groups is 1. The van der Waals surface area contributed by atoms with Crippen molar-refractivity contribution < 1.29 is 9.66 Å². The summed E-state index contributed by atoms with van der Waals surface area (Å²) in [6, 6.07) is 5.77. The molecule has 20 heavy (non-hydrogen) atoms. The van der Waals surface area contributed by atoms with Crippen molar-refractivity contribution >= 4 is 28.9 Å². The van der Waals surface area contributed by atoms with Gasteiger partial charge in [0.05, 0.1) is 4.92 Å². The van der Waals surface area contributed by atoms with Gasteiger partial charge < -0.3 is 4.74 Å². The summed E-state index contributed by atoms with van der Waals surface area (Å²) in [6.07, 6.45) is 0.